The van der Waals surface area contributed by atoms with E-state index in [-0.39, 0.29) is 11.8 Å². The van der Waals surface area contributed by atoms with E-state index in [2.05, 4.69) is 10.8 Å². The van der Waals surface area contributed by atoms with E-state index in [1.807, 2.05) is 18.2 Å². The van der Waals surface area contributed by atoms with Gasteiger partial charge in [0.15, 0.2) is 0 Å². The van der Waals surface area contributed by atoms with Gasteiger partial charge >= 0.3 is 5.97 Å². The van der Waals surface area contributed by atoms with Crippen LogP contribution in [0, 0.1) is 23.2 Å². The van der Waals surface area contributed by atoms with Gasteiger partial charge in [0, 0.05) is 11.8 Å². The van der Waals surface area contributed by atoms with Crippen LogP contribution < -0.4 is 4.74 Å². The van der Waals surface area contributed by atoms with E-state index in [4.69, 9.17) is 4.74 Å². The van der Waals surface area contributed by atoms with Crippen LogP contribution in [0.2, 0.25) is 0 Å². The molecule has 0 spiro atoms. The number of ketones is 1. The summed E-state index contributed by atoms with van der Waals surface area (Å²) in [6, 6.07) is 5.84. The van der Waals surface area contributed by atoms with Crippen molar-refractivity contribution >= 4 is 11.8 Å². The first-order valence-electron chi connectivity index (χ1n) is 10.2. The maximum atomic E-state index is 11.8. The van der Waals surface area contributed by atoms with Gasteiger partial charge in [-0.15, -0.1) is 0 Å². The molecule has 1 aliphatic heterocycles. The van der Waals surface area contributed by atoms with Crippen LogP contribution in [0.5, 0.6) is 5.75 Å². The number of fused-ring (bicyclic) bond motifs is 1. The largest absolute Gasteiger partial charge is 0.463 e. The minimum Gasteiger partial charge on any atom is -0.463 e. The van der Waals surface area contributed by atoms with Gasteiger partial charge in [0.05, 0.1) is 7.11 Å². The van der Waals surface area contributed by atoms with Crippen LogP contribution in [-0.4, -0.2) is 18.9 Å². The van der Waals surface area contributed by atoms with Crippen LogP contribution in [0.15, 0.2) is 30.0 Å². The Kier molecular flexibility index (Phi) is 3.92. The number of carbonyl (C=O) groups is 2. The molecule has 5 aliphatic rings. The van der Waals surface area contributed by atoms with Crippen LogP contribution in [0.3, 0.4) is 0 Å². The second-order valence-electron chi connectivity index (χ2n) is 9.11. The standard InChI is InChI=1S/C23H26O4/c1-26-22(25)19(24)10-14-2-4-20-18(9-14)3-5-21(27-20)23-11-15-6-16(12-23)8-17(7-15)13-23/h2,4-5,9,15-17H,3,6-8,10-13H2,1H3. The van der Waals surface area contributed by atoms with Crippen molar-refractivity contribution in [1.29, 1.82) is 0 Å². The Morgan fingerprint density at radius 2 is 1.78 bits per heavy atom. The fourth-order valence-corrected chi connectivity index (χ4v) is 6.47. The number of hydrogen-bond donors (Lipinski definition) is 0. The fraction of sp³-hybridized carbons (Fsp3) is 0.565. The zero-order valence-electron chi connectivity index (χ0n) is 15.8. The number of hydrogen-bond acceptors (Lipinski definition) is 4. The summed E-state index contributed by atoms with van der Waals surface area (Å²) < 4.78 is 10.9. The molecule has 0 unspecified atom stereocenters. The van der Waals surface area contributed by atoms with Crippen molar-refractivity contribution in [3.8, 4) is 5.75 Å². The lowest BCUT2D eigenvalue weighted by molar-refractivity contribution is -0.151. The van der Waals surface area contributed by atoms with Gasteiger partial charge in [-0.05, 0) is 86.0 Å². The van der Waals surface area contributed by atoms with Crippen molar-refractivity contribution in [2.24, 2.45) is 23.2 Å². The van der Waals surface area contributed by atoms with Crippen molar-refractivity contribution in [3.05, 3.63) is 41.2 Å². The highest BCUT2D eigenvalue weighted by molar-refractivity contribution is 6.34. The number of carbonyl (C=O) groups excluding carboxylic acids is 2. The Hall–Kier alpha value is -2.10. The summed E-state index contributed by atoms with van der Waals surface area (Å²) in [4.78, 5) is 23.2. The van der Waals surface area contributed by atoms with Crippen LogP contribution >= 0.6 is 0 Å². The van der Waals surface area contributed by atoms with E-state index in [1.165, 1.54) is 51.4 Å². The SMILES string of the molecule is COC(=O)C(=O)Cc1ccc2c(c1)CC=C(C13CC4CC(CC(C4)C1)C3)O2. The van der Waals surface area contributed by atoms with Crippen molar-refractivity contribution in [2.75, 3.05) is 7.11 Å². The van der Waals surface area contributed by atoms with Gasteiger partial charge in [-0.25, -0.2) is 4.79 Å². The summed E-state index contributed by atoms with van der Waals surface area (Å²) in [5.74, 6) is 3.51. The molecule has 1 aromatic rings. The van der Waals surface area contributed by atoms with Gasteiger partial charge < -0.3 is 9.47 Å². The van der Waals surface area contributed by atoms with Gasteiger partial charge in [0.2, 0.25) is 5.78 Å². The quantitative estimate of drug-likeness (QED) is 0.597. The van der Waals surface area contributed by atoms with Crippen LogP contribution in [0.4, 0.5) is 0 Å². The lowest BCUT2D eigenvalue weighted by Gasteiger charge is -2.57. The molecule has 4 fully saturated rings. The van der Waals surface area contributed by atoms with Gasteiger partial charge in [0.25, 0.3) is 0 Å². The third-order valence-electron chi connectivity index (χ3n) is 7.19. The third-order valence-corrected chi connectivity index (χ3v) is 7.19. The lowest BCUT2D eigenvalue weighted by Crippen LogP contribution is -2.48. The first-order valence-corrected chi connectivity index (χ1v) is 10.2. The number of rotatable bonds is 4. The molecule has 4 nitrogen and oxygen atoms in total. The number of allylic oxidation sites excluding steroid dienone is 2. The molecule has 0 atom stereocenters. The topological polar surface area (TPSA) is 52.6 Å². The van der Waals surface area contributed by atoms with E-state index in [1.54, 1.807) is 0 Å². The summed E-state index contributed by atoms with van der Waals surface area (Å²) >= 11 is 0. The lowest BCUT2D eigenvalue weighted by atomic mass is 9.49. The average molecular weight is 366 g/mol. The van der Waals surface area contributed by atoms with Gasteiger partial charge in [-0.1, -0.05) is 12.1 Å². The van der Waals surface area contributed by atoms with E-state index < -0.39 is 11.8 Å². The molecule has 4 aliphatic carbocycles. The molecular weight excluding hydrogens is 340 g/mol. The fourth-order valence-electron chi connectivity index (χ4n) is 6.47. The summed E-state index contributed by atoms with van der Waals surface area (Å²) in [6.45, 7) is 0. The second-order valence-corrected chi connectivity index (χ2v) is 9.11. The van der Waals surface area contributed by atoms with E-state index >= 15 is 0 Å². The molecule has 0 N–H and O–H groups in total. The molecule has 0 amide bonds. The number of benzene rings is 1. The maximum Gasteiger partial charge on any atom is 0.374 e. The van der Waals surface area contributed by atoms with Crippen molar-refractivity contribution < 1.29 is 19.1 Å². The predicted octanol–water partition coefficient (Wildman–Crippen LogP) is 4.01. The van der Waals surface area contributed by atoms with Crippen LogP contribution in [-0.2, 0) is 27.2 Å². The highest BCUT2D eigenvalue weighted by Crippen LogP contribution is 2.63. The maximum absolute atomic E-state index is 11.8. The first-order chi connectivity index (χ1) is 13.0. The summed E-state index contributed by atoms with van der Waals surface area (Å²) in [6.07, 6.45) is 11.4. The molecule has 1 aromatic carbocycles. The number of methoxy groups -OCH3 is 1. The first kappa shape index (κ1) is 17.0. The van der Waals surface area contributed by atoms with Crippen molar-refractivity contribution in [3.63, 3.8) is 0 Å². The Bertz CT molecular complexity index is 799. The van der Waals surface area contributed by atoms with E-state index in [9.17, 15) is 9.59 Å². The molecule has 27 heavy (non-hydrogen) atoms. The molecule has 0 radical (unpaired) electrons. The average Bonchev–Trinajstić information content (AvgIpc) is 2.65. The Balaban J connectivity index is 1.35. The van der Waals surface area contributed by atoms with Gasteiger partial charge in [-0.3, -0.25) is 4.79 Å². The summed E-state index contributed by atoms with van der Waals surface area (Å²) in [7, 11) is 1.23. The van der Waals surface area contributed by atoms with Crippen molar-refractivity contribution in [1.82, 2.24) is 0 Å². The number of ether oxygens (including phenoxy) is 2. The molecule has 4 heteroatoms. The molecule has 4 bridgehead atoms. The Labute approximate surface area is 159 Å². The summed E-state index contributed by atoms with van der Waals surface area (Å²) in [5, 5.41) is 0. The Morgan fingerprint density at radius 3 is 2.41 bits per heavy atom. The van der Waals surface area contributed by atoms with E-state index in [0.29, 0.717) is 0 Å². The zero-order chi connectivity index (χ0) is 18.6. The number of esters is 1. The minimum atomic E-state index is -0.784. The minimum absolute atomic E-state index is 0.0749. The van der Waals surface area contributed by atoms with Crippen LogP contribution in [0.25, 0.3) is 0 Å². The van der Waals surface area contributed by atoms with Crippen molar-refractivity contribution in [2.45, 2.75) is 51.4 Å². The van der Waals surface area contributed by atoms with E-state index in [0.717, 1.165) is 41.1 Å². The highest BCUT2D eigenvalue weighted by Gasteiger charge is 2.53. The molecule has 1 heterocycles. The third kappa shape index (κ3) is 2.90. The molecule has 0 saturated heterocycles. The molecular formula is C23H26O4. The van der Waals surface area contributed by atoms with Gasteiger partial charge in [0.1, 0.15) is 11.5 Å². The molecule has 0 aromatic heterocycles. The predicted molar refractivity (Wildman–Crippen MR) is 100 cm³/mol. The zero-order valence-corrected chi connectivity index (χ0v) is 15.8. The summed E-state index contributed by atoms with van der Waals surface area (Å²) in [5.41, 5.74) is 2.20. The normalized spacial score (nSPS) is 33.1. The molecule has 142 valence electrons. The molecule has 4 saturated carbocycles. The molecule has 6 rings (SSSR count). The second kappa shape index (κ2) is 6.22. The smallest absolute Gasteiger partial charge is 0.374 e. The highest BCUT2D eigenvalue weighted by atomic mass is 16.5. The van der Waals surface area contributed by atoms with Gasteiger partial charge in [-0.2, -0.15) is 0 Å². The van der Waals surface area contributed by atoms with Crippen LogP contribution in [0.1, 0.15) is 49.7 Å². The Morgan fingerprint density at radius 1 is 1.11 bits per heavy atom. The monoisotopic (exact) mass is 366 g/mol. The number of Topliss-reactive ketones (excluding diaryl/α,β-unsaturated/α-hetero) is 1.